The Bertz CT molecular complexity index is 427. The number of hydrogen-bond donors (Lipinski definition) is 1. The largest absolute Gasteiger partial charge is 0.496 e. The topological polar surface area (TPSA) is 38.3 Å². The number of methoxy groups -OCH3 is 1. The molecule has 0 aliphatic heterocycles. The summed E-state index contributed by atoms with van der Waals surface area (Å²) in [5.74, 6) is 1.00. The van der Waals surface area contributed by atoms with Gasteiger partial charge in [0.25, 0.3) is 0 Å². The van der Waals surface area contributed by atoms with Crippen molar-refractivity contribution < 1.29 is 9.53 Å². The first kappa shape index (κ1) is 14.7. The Morgan fingerprint density at radius 3 is 2.44 bits per heavy atom. The monoisotopic (exact) mass is 249 g/mol. The first-order valence-corrected chi connectivity index (χ1v) is 6.47. The first-order chi connectivity index (χ1) is 8.54. The van der Waals surface area contributed by atoms with Gasteiger partial charge in [-0.1, -0.05) is 13.8 Å². The number of Topliss-reactive ketones (excluding diaryl/α,β-unsaturated/α-hetero) is 1. The zero-order chi connectivity index (χ0) is 13.7. The number of carbonyl (C=O) groups excluding carboxylic acids is 1. The number of nitrogens with one attached hydrogen (secondary N) is 1. The van der Waals surface area contributed by atoms with E-state index in [1.807, 2.05) is 39.8 Å². The molecule has 3 heteroatoms. The number of ketones is 1. The van der Waals surface area contributed by atoms with Crippen LogP contribution >= 0.6 is 0 Å². The van der Waals surface area contributed by atoms with Gasteiger partial charge in [-0.2, -0.15) is 0 Å². The zero-order valence-electron chi connectivity index (χ0n) is 12.0. The predicted octanol–water partition coefficient (Wildman–Crippen LogP) is 2.88. The highest BCUT2D eigenvalue weighted by Crippen LogP contribution is 2.23. The maximum absolute atomic E-state index is 12.4. The summed E-state index contributed by atoms with van der Waals surface area (Å²) in [4.78, 5) is 12.4. The zero-order valence-corrected chi connectivity index (χ0v) is 12.0. The molecule has 1 atom stereocenters. The highest BCUT2D eigenvalue weighted by molar-refractivity contribution is 6.01. The van der Waals surface area contributed by atoms with E-state index in [1.54, 1.807) is 7.11 Å². The van der Waals surface area contributed by atoms with Gasteiger partial charge in [0.2, 0.25) is 0 Å². The van der Waals surface area contributed by atoms with Gasteiger partial charge in [-0.25, -0.2) is 0 Å². The van der Waals surface area contributed by atoms with Crippen LogP contribution in [-0.4, -0.2) is 25.5 Å². The Hall–Kier alpha value is -1.35. The van der Waals surface area contributed by atoms with Crippen molar-refractivity contribution in [3.8, 4) is 5.75 Å². The second-order valence-corrected chi connectivity index (χ2v) is 4.52. The number of benzene rings is 1. The van der Waals surface area contributed by atoms with E-state index >= 15 is 0 Å². The molecular weight excluding hydrogens is 226 g/mol. The van der Waals surface area contributed by atoms with Gasteiger partial charge in [0.15, 0.2) is 5.78 Å². The van der Waals surface area contributed by atoms with Crippen LogP contribution in [0.3, 0.4) is 0 Å². The van der Waals surface area contributed by atoms with Crippen LogP contribution in [0.25, 0.3) is 0 Å². The molecule has 0 saturated heterocycles. The normalized spacial score (nSPS) is 12.3. The highest BCUT2D eigenvalue weighted by atomic mass is 16.5. The van der Waals surface area contributed by atoms with E-state index < -0.39 is 0 Å². The van der Waals surface area contributed by atoms with E-state index in [4.69, 9.17) is 4.74 Å². The number of aryl methyl sites for hydroxylation is 2. The summed E-state index contributed by atoms with van der Waals surface area (Å²) < 4.78 is 5.27. The molecule has 0 aromatic heterocycles. The smallest absolute Gasteiger partial charge is 0.179 e. The molecule has 0 radical (unpaired) electrons. The van der Waals surface area contributed by atoms with Crippen molar-refractivity contribution in [2.45, 2.75) is 40.2 Å². The van der Waals surface area contributed by atoms with Crippen LogP contribution in [-0.2, 0) is 0 Å². The summed E-state index contributed by atoms with van der Waals surface area (Å²) in [6.07, 6.45) is 0.803. The number of carbonyl (C=O) groups is 1. The van der Waals surface area contributed by atoms with Gasteiger partial charge < -0.3 is 10.1 Å². The molecule has 1 unspecified atom stereocenters. The van der Waals surface area contributed by atoms with Crippen LogP contribution in [0.4, 0.5) is 0 Å². The molecule has 0 aliphatic carbocycles. The Morgan fingerprint density at radius 2 is 1.94 bits per heavy atom. The predicted molar refractivity (Wildman–Crippen MR) is 74.6 cm³/mol. The number of likely N-dealkylation sites (N-methyl/N-ethyl adjacent to an activating group) is 1. The Balaban J connectivity index is 3.09. The molecule has 1 N–H and O–H groups in total. The van der Waals surface area contributed by atoms with Gasteiger partial charge in [0.1, 0.15) is 5.75 Å². The fourth-order valence-electron chi connectivity index (χ4n) is 2.13. The van der Waals surface area contributed by atoms with Crippen LogP contribution in [0.5, 0.6) is 5.75 Å². The minimum atomic E-state index is -0.0958. The summed E-state index contributed by atoms with van der Waals surface area (Å²) in [7, 11) is 1.65. The van der Waals surface area contributed by atoms with Crippen molar-refractivity contribution in [3.63, 3.8) is 0 Å². The first-order valence-electron chi connectivity index (χ1n) is 6.47. The standard InChI is InChI=1S/C15H23NO2/c1-6-13(16-7-2)15(17)12-8-11(4)14(18-5)9-10(12)3/h8-9,13,16H,6-7H2,1-5H3. The van der Waals surface area contributed by atoms with Gasteiger partial charge in [-0.15, -0.1) is 0 Å². The number of ether oxygens (including phenoxy) is 1. The molecule has 0 fully saturated rings. The van der Waals surface area contributed by atoms with Crippen LogP contribution in [0, 0.1) is 13.8 Å². The maximum atomic E-state index is 12.4. The summed E-state index contributed by atoms with van der Waals surface area (Å²) in [5, 5.41) is 3.23. The molecule has 0 saturated carbocycles. The lowest BCUT2D eigenvalue weighted by atomic mass is 9.96. The average Bonchev–Trinajstić information content (AvgIpc) is 2.37. The van der Waals surface area contributed by atoms with Crippen molar-refractivity contribution in [2.24, 2.45) is 0 Å². The molecule has 1 aromatic carbocycles. The molecule has 0 spiro atoms. The SMILES string of the molecule is CCNC(CC)C(=O)c1cc(C)c(OC)cc1C. The third kappa shape index (κ3) is 3.10. The third-order valence-corrected chi connectivity index (χ3v) is 3.18. The fraction of sp³-hybridized carbons (Fsp3) is 0.533. The molecule has 0 amide bonds. The van der Waals surface area contributed by atoms with E-state index in [9.17, 15) is 4.79 Å². The second-order valence-electron chi connectivity index (χ2n) is 4.52. The van der Waals surface area contributed by atoms with E-state index in [0.717, 1.165) is 35.4 Å². The molecule has 18 heavy (non-hydrogen) atoms. The highest BCUT2D eigenvalue weighted by Gasteiger charge is 2.19. The van der Waals surface area contributed by atoms with Crippen molar-refractivity contribution in [1.29, 1.82) is 0 Å². The fourth-order valence-corrected chi connectivity index (χ4v) is 2.13. The minimum Gasteiger partial charge on any atom is -0.496 e. The van der Waals surface area contributed by atoms with Gasteiger partial charge >= 0.3 is 0 Å². The molecule has 3 nitrogen and oxygen atoms in total. The van der Waals surface area contributed by atoms with Gasteiger partial charge in [-0.3, -0.25) is 4.79 Å². The van der Waals surface area contributed by atoms with E-state index in [2.05, 4.69) is 5.32 Å². The molecule has 1 aromatic rings. The van der Waals surface area contributed by atoms with E-state index in [-0.39, 0.29) is 11.8 Å². The second kappa shape index (κ2) is 6.55. The summed E-state index contributed by atoms with van der Waals surface area (Å²) in [6.45, 7) is 8.76. The Kier molecular flexibility index (Phi) is 5.35. The lowest BCUT2D eigenvalue weighted by Crippen LogP contribution is -2.36. The summed E-state index contributed by atoms with van der Waals surface area (Å²) >= 11 is 0. The molecular formula is C15H23NO2. The van der Waals surface area contributed by atoms with Crippen LogP contribution in [0.15, 0.2) is 12.1 Å². The maximum Gasteiger partial charge on any atom is 0.179 e. The van der Waals surface area contributed by atoms with Crippen LogP contribution in [0.1, 0.15) is 41.8 Å². The quantitative estimate of drug-likeness (QED) is 0.788. The molecule has 1 rings (SSSR count). The summed E-state index contributed by atoms with van der Waals surface area (Å²) in [5.41, 5.74) is 2.76. The van der Waals surface area contributed by atoms with Crippen molar-refractivity contribution in [2.75, 3.05) is 13.7 Å². The van der Waals surface area contributed by atoms with E-state index in [0.29, 0.717) is 0 Å². The van der Waals surface area contributed by atoms with Gasteiger partial charge in [0.05, 0.1) is 13.2 Å². The van der Waals surface area contributed by atoms with Crippen molar-refractivity contribution in [1.82, 2.24) is 5.32 Å². The lowest BCUT2D eigenvalue weighted by molar-refractivity contribution is 0.0941. The molecule has 0 heterocycles. The molecule has 0 aliphatic rings. The number of hydrogen-bond acceptors (Lipinski definition) is 3. The Morgan fingerprint density at radius 1 is 1.28 bits per heavy atom. The van der Waals surface area contributed by atoms with Crippen LogP contribution < -0.4 is 10.1 Å². The lowest BCUT2D eigenvalue weighted by Gasteiger charge is -2.17. The Labute approximate surface area is 110 Å². The van der Waals surface area contributed by atoms with Crippen molar-refractivity contribution >= 4 is 5.78 Å². The summed E-state index contributed by atoms with van der Waals surface area (Å²) in [6, 6.07) is 3.76. The van der Waals surface area contributed by atoms with Crippen molar-refractivity contribution in [3.05, 3.63) is 28.8 Å². The minimum absolute atomic E-state index is 0.0958. The van der Waals surface area contributed by atoms with E-state index in [1.165, 1.54) is 0 Å². The molecule has 100 valence electrons. The van der Waals surface area contributed by atoms with Gasteiger partial charge in [-0.05, 0) is 50.1 Å². The number of rotatable bonds is 6. The van der Waals surface area contributed by atoms with Crippen LogP contribution in [0.2, 0.25) is 0 Å². The van der Waals surface area contributed by atoms with Gasteiger partial charge in [0, 0.05) is 5.56 Å². The molecule has 0 bridgehead atoms. The third-order valence-electron chi connectivity index (χ3n) is 3.18. The average molecular weight is 249 g/mol.